The van der Waals surface area contributed by atoms with Crippen LogP contribution in [-0.2, 0) is 4.74 Å². The Morgan fingerprint density at radius 1 is 1.32 bits per heavy atom. The number of nitrogens with one attached hydrogen (secondary N) is 1. The van der Waals surface area contributed by atoms with Crippen molar-refractivity contribution in [2.45, 2.75) is 24.5 Å². The molecular formula is C13H17N5O4. The largest absolute Gasteiger partial charge is 0.394 e. The molecule has 1 aliphatic rings. The van der Waals surface area contributed by atoms with E-state index in [0.717, 1.165) is 0 Å². The summed E-state index contributed by atoms with van der Waals surface area (Å²) in [6, 6.07) is 0. The van der Waals surface area contributed by atoms with Gasteiger partial charge in [0.25, 0.3) is 0 Å². The Hall–Kier alpha value is -2.07. The van der Waals surface area contributed by atoms with E-state index in [1.165, 1.54) is 17.2 Å². The fourth-order valence-corrected chi connectivity index (χ4v) is 2.45. The van der Waals surface area contributed by atoms with Crippen LogP contribution in [0.2, 0.25) is 0 Å². The molecule has 2 unspecified atom stereocenters. The number of aliphatic hydroxyl groups is 3. The van der Waals surface area contributed by atoms with Gasteiger partial charge >= 0.3 is 0 Å². The lowest BCUT2D eigenvalue weighted by molar-refractivity contribution is -0.0511. The molecule has 22 heavy (non-hydrogen) atoms. The van der Waals surface area contributed by atoms with Crippen LogP contribution >= 0.6 is 0 Å². The molecule has 1 aliphatic heterocycles. The van der Waals surface area contributed by atoms with E-state index in [2.05, 4.69) is 26.8 Å². The maximum Gasteiger partial charge on any atom is 0.167 e. The lowest BCUT2D eigenvalue weighted by Crippen LogP contribution is -2.33. The standard InChI is InChI=1S/C13H17N5O4/c1-2-3-14-11-8-12(16-5-15-11)18(6-17-8)13-10(21)9(20)7(4-19)22-13/h2,5-7,9-10,13,19-21H,1,3-4H2,(H,14,15,16)/t7-,9?,10?,13-/m1/s1. The number of hydrogen-bond donors (Lipinski definition) is 4. The maximum atomic E-state index is 10.1. The molecule has 0 spiro atoms. The van der Waals surface area contributed by atoms with Gasteiger partial charge in [-0.3, -0.25) is 4.57 Å². The Morgan fingerprint density at radius 3 is 2.82 bits per heavy atom. The monoisotopic (exact) mass is 307 g/mol. The van der Waals surface area contributed by atoms with Crippen molar-refractivity contribution in [3.8, 4) is 0 Å². The Labute approximate surface area is 125 Å². The minimum absolute atomic E-state index is 0.386. The number of ether oxygens (including phenoxy) is 1. The van der Waals surface area contributed by atoms with Gasteiger partial charge in [0.15, 0.2) is 23.2 Å². The van der Waals surface area contributed by atoms with Gasteiger partial charge in [0.2, 0.25) is 0 Å². The van der Waals surface area contributed by atoms with Crippen molar-refractivity contribution in [3.63, 3.8) is 0 Å². The van der Waals surface area contributed by atoms with Crippen LogP contribution in [0.4, 0.5) is 5.82 Å². The highest BCUT2D eigenvalue weighted by Crippen LogP contribution is 2.31. The summed E-state index contributed by atoms with van der Waals surface area (Å²) in [6.07, 6.45) is 0.432. The molecule has 0 amide bonds. The Balaban J connectivity index is 1.97. The second-order valence-electron chi connectivity index (χ2n) is 4.94. The minimum Gasteiger partial charge on any atom is -0.394 e. The normalized spacial score (nSPS) is 28.1. The Kier molecular flexibility index (Phi) is 4.03. The first-order chi connectivity index (χ1) is 10.7. The third kappa shape index (κ3) is 2.33. The number of imidazole rings is 1. The van der Waals surface area contributed by atoms with Crippen molar-refractivity contribution in [2.24, 2.45) is 0 Å². The molecule has 0 radical (unpaired) electrons. The van der Waals surface area contributed by atoms with Gasteiger partial charge < -0.3 is 25.4 Å². The molecule has 4 N–H and O–H groups in total. The summed E-state index contributed by atoms with van der Waals surface area (Å²) < 4.78 is 7.00. The molecule has 9 heteroatoms. The number of nitrogens with zero attached hydrogens (tertiary/aromatic N) is 4. The van der Waals surface area contributed by atoms with Gasteiger partial charge in [-0.15, -0.1) is 6.58 Å². The predicted molar refractivity (Wildman–Crippen MR) is 77.0 cm³/mol. The predicted octanol–water partition coefficient (Wildman–Crippen LogP) is -0.964. The summed E-state index contributed by atoms with van der Waals surface area (Å²) in [7, 11) is 0. The zero-order valence-electron chi connectivity index (χ0n) is 11.7. The van der Waals surface area contributed by atoms with E-state index < -0.39 is 24.5 Å². The lowest BCUT2D eigenvalue weighted by atomic mass is 10.1. The molecule has 118 valence electrons. The Bertz CT molecular complexity index is 675. The number of hydrogen-bond acceptors (Lipinski definition) is 8. The molecule has 4 atom stereocenters. The first kappa shape index (κ1) is 14.9. The van der Waals surface area contributed by atoms with Crippen LogP contribution in [0, 0.1) is 0 Å². The summed E-state index contributed by atoms with van der Waals surface area (Å²) >= 11 is 0. The summed E-state index contributed by atoms with van der Waals surface area (Å²) in [6.45, 7) is 3.76. The molecule has 0 aromatic carbocycles. The molecule has 0 saturated carbocycles. The first-order valence-corrected chi connectivity index (χ1v) is 6.82. The summed E-state index contributed by atoms with van der Waals surface area (Å²) in [5, 5.41) is 32.1. The van der Waals surface area contributed by atoms with Crippen LogP contribution in [0.3, 0.4) is 0 Å². The van der Waals surface area contributed by atoms with E-state index in [4.69, 9.17) is 9.84 Å². The van der Waals surface area contributed by atoms with E-state index in [0.29, 0.717) is 23.5 Å². The second-order valence-corrected chi connectivity index (χ2v) is 4.94. The van der Waals surface area contributed by atoms with Crippen LogP contribution in [-0.4, -0.2) is 66.3 Å². The quantitative estimate of drug-likeness (QED) is 0.520. The Morgan fingerprint density at radius 2 is 2.14 bits per heavy atom. The van der Waals surface area contributed by atoms with Crippen molar-refractivity contribution in [3.05, 3.63) is 25.3 Å². The van der Waals surface area contributed by atoms with Gasteiger partial charge in [-0.2, -0.15) is 0 Å². The highest BCUT2D eigenvalue weighted by molar-refractivity contribution is 5.82. The zero-order chi connectivity index (χ0) is 15.7. The summed E-state index contributed by atoms with van der Waals surface area (Å²) in [5.41, 5.74) is 0.971. The molecule has 1 fully saturated rings. The molecule has 0 aliphatic carbocycles. The number of aromatic nitrogens is 4. The molecule has 3 rings (SSSR count). The van der Waals surface area contributed by atoms with E-state index in [9.17, 15) is 10.2 Å². The lowest BCUT2D eigenvalue weighted by Gasteiger charge is -2.16. The van der Waals surface area contributed by atoms with Crippen LogP contribution in [0.25, 0.3) is 11.2 Å². The topological polar surface area (TPSA) is 126 Å². The van der Waals surface area contributed by atoms with Gasteiger partial charge in [-0.05, 0) is 0 Å². The van der Waals surface area contributed by atoms with Gasteiger partial charge in [-0.25, -0.2) is 15.0 Å². The van der Waals surface area contributed by atoms with Crippen molar-refractivity contribution in [1.82, 2.24) is 19.5 Å². The third-order valence-electron chi connectivity index (χ3n) is 3.56. The summed E-state index contributed by atoms with van der Waals surface area (Å²) in [4.78, 5) is 12.5. The smallest absolute Gasteiger partial charge is 0.167 e. The van der Waals surface area contributed by atoms with Gasteiger partial charge in [0.1, 0.15) is 24.6 Å². The SMILES string of the molecule is C=CCNc1ncnc2c1ncn2[C@@H]1O[C@H](CO)C(O)C1O. The summed E-state index contributed by atoms with van der Waals surface area (Å²) in [5.74, 6) is 0.537. The van der Waals surface area contributed by atoms with Crippen molar-refractivity contribution >= 4 is 17.0 Å². The minimum atomic E-state index is -1.19. The fourth-order valence-electron chi connectivity index (χ4n) is 2.45. The molecular weight excluding hydrogens is 290 g/mol. The second kappa shape index (κ2) is 5.97. The van der Waals surface area contributed by atoms with Crippen LogP contribution < -0.4 is 5.32 Å². The molecule has 0 bridgehead atoms. The van der Waals surface area contributed by atoms with Crippen LogP contribution in [0.5, 0.6) is 0 Å². The van der Waals surface area contributed by atoms with E-state index >= 15 is 0 Å². The third-order valence-corrected chi connectivity index (χ3v) is 3.56. The first-order valence-electron chi connectivity index (χ1n) is 6.82. The van der Waals surface area contributed by atoms with Crippen molar-refractivity contribution in [2.75, 3.05) is 18.5 Å². The highest BCUT2D eigenvalue weighted by Gasteiger charge is 2.43. The van der Waals surface area contributed by atoms with E-state index in [1.807, 2.05) is 0 Å². The van der Waals surface area contributed by atoms with Crippen LogP contribution in [0.15, 0.2) is 25.3 Å². The number of aliphatic hydroxyl groups excluding tert-OH is 3. The van der Waals surface area contributed by atoms with E-state index in [-0.39, 0.29) is 6.61 Å². The van der Waals surface area contributed by atoms with Crippen LogP contribution in [0.1, 0.15) is 6.23 Å². The van der Waals surface area contributed by atoms with Gasteiger partial charge in [0, 0.05) is 6.54 Å². The number of fused-ring (bicyclic) bond motifs is 1. The molecule has 2 aromatic rings. The zero-order valence-corrected chi connectivity index (χ0v) is 11.7. The molecule has 3 heterocycles. The average molecular weight is 307 g/mol. The van der Waals surface area contributed by atoms with E-state index in [1.54, 1.807) is 6.08 Å². The molecule has 9 nitrogen and oxygen atoms in total. The molecule has 1 saturated heterocycles. The van der Waals surface area contributed by atoms with Gasteiger partial charge in [-0.1, -0.05) is 6.08 Å². The average Bonchev–Trinajstić information content (AvgIpc) is 3.08. The van der Waals surface area contributed by atoms with Gasteiger partial charge in [0.05, 0.1) is 12.9 Å². The highest BCUT2D eigenvalue weighted by atomic mass is 16.6. The molecule has 2 aromatic heterocycles. The van der Waals surface area contributed by atoms with Crippen molar-refractivity contribution in [1.29, 1.82) is 0 Å². The number of anilines is 1. The number of rotatable bonds is 5. The fraction of sp³-hybridized carbons (Fsp3) is 0.462. The maximum absolute atomic E-state index is 10.1. The van der Waals surface area contributed by atoms with Crippen molar-refractivity contribution < 1.29 is 20.1 Å².